The van der Waals surface area contributed by atoms with E-state index in [1.165, 1.54) is 19.3 Å². The molecule has 0 aliphatic heterocycles. The largest absolute Gasteiger partial charge is 0.312 e. The van der Waals surface area contributed by atoms with Crippen LogP contribution in [0.15, 0.2) is 25.3 Å². The minimum Gasteiger partial charge on any atom is -0.312 e. The molecule has 0 spiro atoms. The van der Waals surface area contributed by atoms with Crippen molar-refractivity contribution in [1.82, 2.24) is 20.1 Å². The highest BCUT2D eigenvalue weighted by molar-refractivity contribution is 4.87. The standard InChI is InChI=1S/C12H20N4/c1-2-3-4-12(11-5-6-11)14-7-8-16-10-13-9-15-16/h2,9-12,14H,1,3-8H2. The molecular formula is C12H20N4. The van der Waals surface area contributed by atoms with Crippen molar-refractivity contribution in [1.29, 1.82) is 0 Å². The zero-order valence-electron chi connectivity index (χ0n) is 9.68. The van der Waals surface area contributed by atoms with E-state index in [4.69, 9.17) is 0 Å². The molecule has 1 atom stereocenters. The molecule has 1 aliphatic rings. The minimum absolute atomic E-state index is 0.668. The average molecular weight is 220 g/mol. The van der Waals surface area contributed by atoms with Gasteiger partial charge in [0.1, 0.15) is 12.7 Å². The highest BCUT2D eigenvalue weighted by Crippen LogP contribution is 2.34. The third kappa shape index (κ3) is 3.45. The molecule has 0 saturated heterocycles. The van der Waals surface area contributed by atoms with Gasteiger partial charge in [-0.3, -0.25) is 4.68 Å². The van der Waals surface area contributed by atoms with Gasteiger partial charge >= 0.3 is 0 Å². The number of nitrogens with one attached hydrogen (secondary N) is 1. The average Bonchev–Trinajstić information content (AvgIpc) is 3.01. The maximum absolute atomic E-state index is 4.09. The molecule has 4 nitrogen and oxygen atoms in total. The molecule has 0 radical (unpaired) electrons. The molecule has 1 aliphatic carbocycles. The van der Waals surface area contributed by atoms with Crippen LogP contribution in [0.3, 0.4) is 0 Å². The van der Waals surface area contributed by atoms with Crippen LogP contribution in [0.25, 0.3) is 0 Å². The van der Waals surface area contributed by atoms with Crippen LogP contribution < -0.4 is 5.32 Å². The smallest absolute Gasteiger partial charge is 0.137 e. The van der Waals surface area contributed by atoms with Gasteiger partial charge in [0.15, 0.2) is 0 Å². The van der Waals surface area contributed by atoms with E-state index in [0.717, 1.165) is 25.4 Å². The number of rotatable bonds is 8. The molecule has 1 heterocycles. The summed E-state index contributed by atoms with van der Waals surface area (Å²) in [5, 5.41) is 7.70. The summed E-state index contributed by atoms with van der Waals surface area (Å²) in [6.45, 7) is 5.66. The molecule has 1 saturated carbocycles. The minimum atomic E-state index is 0.668. The van der Waals surface area contributed by atoms with E-state index >= 15 is 0 Å². The summed E-state index contributed by atoms with van der Waals surface area (Å²) in [4.78, 5) is 3.93. The lowest BCUT2D eigenvalue weighted by Gasteiger charge is -2.17. The number of allylic oxidation sites excluding steroid dienone is 1. The second-order valence-corrected chi connectivity index (χ2v) is 4.42. The van der Waals surface area contributed by atoms with Crippen molar-refractivity contribution in [2.24, 2.45) is 5.92 Å². The van der Waals surface area contributed by atoms with E-state index in [9.17, 15) is 0 Å². The van der Waals surface area contributed by atoms with Gasteiger partial charge in [-0.25, -0.2) is 4.98 Å². The normalized spacial score (nSPS) is 17.2. The van der Waals surface area contributed by atoms with Crippen LogP contribution in [-0.2, 0) is 6.54 Å². The zero-order valence-corrected chi connectivity index (χ0v) is 9.68. The lowest BCUT2D eigenvalue weighted by atomic mass is 10.1. The number of hydrogen-bond acceptors (Lipinski definition) is 3. The Balaban J connectivity index is 1.67. The van der Waals surface area contributed by atoms with Gasteiger partial charge < -0.3 is 5.32 Å². The van der Waals surface area contributed by atoms with Crippen molar-refractivity contribution >= 4 is 0 Å². The summed E-state index contributed by atoms with van der Waals surface area (Å²) in [6, 6.07) is 0.668. The molecule has 1 N–H and O–H groups in total. The third-order valence-electron chi connectivity index (χ3n) is 3.09. The van der Waals surface area contributed by atoms with Crippen LogP contribution in [0.2, 0.25) is 0 Å². The third-order valence-corrected chi connectivity index (χ3v) is 3.09. The van der Waals surface area contributed by atoms with E-state index in [-0.39, 0.29) is 0 Å². The highest BCUT2D eigenvalue weighted by Gasteiger charge is 2.29. The zero-order chi connectivity index (χ0) is 11.2. The van der Waals surface area contributed by atoms with E-state index in [2.05, 4.69) is 22.0 Å². The van der Waals surface area contributed by atoms with Crippen molar-refractivity contribution in [3.05, 3.63) is 25.3 Å². The number of nitrogens with zero attached hydrogens (tertiary/aromatic N) is 3. The molecule has 4 heteroatoms. The number of aromatic nitrogens is 3. The molecule has 1 aromatic heterocycles. The second-order valence-electron chi connectivity index (χ2n) is 4.42. The molecule has 0 bridgehead atoms. The topological polar surface area (TPSA) is 42.7 Å². The Morgan fingerprint density at radius 3 is 3.06 bits per heavy atom. The van der Waals surface area contributed by atoms with Crippen LogP contribution >= 0.6 is 0 Å². The predicted octanol–water partition coefficient (Wildman–Crippen LogP) is 1.61. The Morgan fingerprint density at radius 2 is 2.44 bits per heavy atom. The van der Waals surface area contributed by atoms with Crippen LogP contribution in [0.4, 0.5) is 0 Å². The van der Waals surface area contributed by atoms with E-state index in [1.807, 2.05) is 10.8 Å². The lowest BCUT2D eigenvalue weighted by molar-refractivity contribution is 0.418. The second kappa shape index (κ2) is 5.80. The maximum Gasteiger partial charge on any atom is 0.137 e. The van der Waals surface area contributed by atoms with Gasteiger partial charge in [0.05, 0.1) is 6.54 Å². The number of hydrogen-bond donors (Lipinski definition) is 1. The molecular weight excluding hydrogens is 200 g/mol. The molecule has 1 aromatic rings. The molecule has 88 valence electrons. The van der Waals surface area contributed by atoms with Gasteiger partial charge in [-0.15, -0.1) is 6.58 Å². The molecule has 0 aromatic carbocycles. The fourth-order valence-corrected chi connectivity index (χ4v) is 2.01. The first-order chi connectivity index (χ1) is 7.90. The summed E-state index contributed by atoms with van der Waals surface area (Å²) < 4.78 is 1.87. The molecule has 0 amide bonds. The van der Waals surface area contributed by atoms with Crippen molar-refractivity contribution in [2.45, 2.75) is 38.3 Å². The van der Waals surface area contributed by atoms with Crippen LogP contribution in [0.5, 0.6) is 0 Å². The molecule has 1 unspecified atom stereocenters. The Hall–Kier alpha value is -1.16. The van der Waals surface area contributed by atoms with Crippen molar-refractivity contribution < 1.29 is 0 Å². The van der Waals surface area contributed by atoms with Gasteiger partial charge in [0, 0.05) is 12.6 Å². The first-order valence-electron chi connectivity index (χ1n) is 6.07. The van der Waals surface area contributed by atoms with Crippen LogP contribution in [0.1, 0.15) is 25.7 Å². The molecule has 16 heavy (non-hydrogen) atoms. The Labute approximate surface area is 96.8 Å². The van der Waals surface area contributed by atoms with Gasteiger partial charge in [-0.1, -0.05) is 6.08 Å². The first-order valence-corrected chi connectivity index (χ1v) is 6.07. The lowest BCUT2D eigenvalue weighted by Crippen LogP contribution is -2.33. The van der Waals surface area contributed by atoms with Crippen LogP contribution in [-0.4, -0.2) is 27.4 Å². The first kappa shape index (κ1) is 11.3. The molecule has 1 fully saturated rings. The summed E-state index contributed by atoms with van der Waals surface area (Å²) in [5.74, 6) is 0.899. The Bertz CT molecular complexity index is 303. The SMILES string of the molecule is C=CCCC(NCCn1cncn1)C1CC1. The van der Waals surface area contributed by atoms with Gasteiger partial charge in [0.25, 0.3) is 0 Å². The fourth-order valence-electron chi connectivity index (χ4n) is 2.01. The van der Waals surface area contributed by atoms with Gasteiger partial charge in [-0.2, -0.15) is 5.10 Å². The summed E-state index contributed by atoms with van der Waals surface area (Å²) >= 11 is 0. The van der Waals surface area contributed by atoms with Gasteiger partial charge in [-0.05, 0) is 31.6 Å². The van der Waals surface area contributed by atoms with Crippen molar-refractivity contribution in [2.75, 3.05) is 6.54 Å². The highest BCUT2D eigenvalue weighted by atomic mass is 15.3. The van der Waals surface area contributed by atoms with Gasteiger partial charge in [0.2, 0.25) is 0 Å². The van der Waals surface area contributed by atoms with Crippen LogP contribution in [0, 0.1) is 5.92 Å². The monoisotopic (exact) mass is 220 g/mol. The predicted molar refractivity (Wildman–Crippen MR) is 64.0 cm³/mol. The maximum atomic E-state index is 4.09. The van der Waals surface area contributed by atoms with E-state index in [1.54, 1.807) is 12.7 Å². The quantitative estimate of drug-likeness (QED) is 0.677. The Kier molecular flexibility index (Phi) is 4.10. The Morgan fingerprint density at radius 1 is 1.56 bits per heavy atom. The van der Waals surface area contributed by atoms with E-state index in [0.29, 0.717) is 6.04 Å². The summed E-state index contributed by atoms with van der Waals surface area (Å²) in [6.07, 6.45) is 10.4. The summed E-state index contributed by atoms with van der Waals surface area (Å²) in [7, 11) is 0. The summed E-state index contributed by atoms with van der Waals surface area (Å²) in [5.41, 5.74) is 0. The molecule has 2 rings (SSSR count). The fraction of sp³-hybridized carbons (Fsp3) is 0.667. The van der Waals surface area contributed by atoms with Crippen molar-refractivity contribution in [3.63, 3.8) is 0 Å². The van der Waals surface area contributed by atoms with Crippen molar-refractivity contribution in [3.8, 4) is 0 Å². The van der Waals surface area contributed by atoms with E-state index < -0.39 is 0 Å².